The highest BCUT2D eigenvalue weighted by molar-refractivity contribution is 6.05. The first-order valence-corrected chi connectivity index (χ1v) is 9.80. The third-order valence-electron chi connectivity index (χ3n) is 5.17. The number of ether oxygens (including phenoxy) is 1. The number of fused-ring (bicyclic) bond motifs is 2. The molecule has 1 aliphatic heterocycles. The molecule has 0 aliphatic carbocycles. The lowest BCUT2D eigenvalue weighted by Crippen LogP contribution is -2.38. The average molecular weight is 392 g/mol. The van der Waals surface area contributed by atoms with Gasteiger partial charge >= 0.3 is 0 Å². The van der Waals surface area contributed by atoms with E-state index in [9.17, 15) is 9.59 Å². The molecule has 150 valence electrons. The molecule has 0 bridgehead atoms. The fraction of sp³-hybridized carbons (Fsp3) is 0.304. The van der Waals surface area contributed by atoms with E-state index in [1.807, 2.05) is 49.1 Å². The van der Waals surface area contributed by atoms with Crippen LogP contribution in [0.2, 0.25) is 0 Å². The Labute approximate surface area is 169 Å². The number of carbonyl (C=O) groups is 2. The molecule has 4 rings (SSSR count). The minimum absolute atomic E-state index is 0.0790. The van der Waals surface area contributed by atoms with Crippen molar-refractivity contribution in [1.29, 1.82) is 0 Å². The smallest absolute Gasteiger partial charge is 0.291 e. The zero-order chi connectivity index (χ0) is 20.5. The quantitative estimate of drug-likeness (QED) is 0.703. The van der Waals surface area contributed by atoms with Crippen LogP contribution in [0.1, 0.15) is 36.4 Å². The van der Waals surface area contributed by atoms with Crippen LogP contribution < -0.4 is 15.0 Å². The molecule has 2 heterocycles. The van der Waals surface area contributed by atoms with Crippen LogP contribution in [0.15, 0.2) is 46.9 Å². The van der Waals surface area contributed by atoms with E-state index in [-0.39, 0.29) is 23.5 Å². The molecule has 0 saturated heterocycles. The van der Waals surface area contributed by atoms with Crippen LogP contribution in [0.4, 0.5) is 11.4 Å². The highest BCUT2D eigenvalue weighted by Crippen LogP contribution is 2.32. The molecule has 3 aromatic rings. The number of hydrogen-bond acceptors (Lipinski definition) is 4. The predicted molar refractivity (Wildman–Crippen MR) is 113 cm³/mol. The number of hydrogen-bond donors (Lipinski definition) is 1. The number of aryl methyl sites for hydroxylation is 1. The van der Waals surface area contributed by atoms with Crippen molar-refractivity contribution in [3.63, 3.8) is 0 Å². The second kappa shape index (κ2) is 7.62. The second-order valence-electron chi connectivity index (χ2n) is 7.54. The number of carbonyl (C=O) groups excluding carboxylic acids is 2. The molecule has 1 N–H and O–H groups in total. The normalized spacial score (nSPS) is 13.4. The SMILES string of the molecule is COc1cccc2cc(C(=O)Nc3ccc4c(c3)N(C(=O)C(C)C)CCC4)oc12. The lowest BCUT2D eigenvalue weighted by Gasteiger charge is -2.31. The van der Waals surface area contributed by atoms with Gasteiger partial charge in [-0.25, -0.2) is 0 Å². The summed E-state index contributed by atoms with van der Waals surface area (Å²) < 4.78 is 11.0. The summed E-state index contributed by atoms with van der Waals surface area (Å²) in [6.07, 6.45) is 1.87. The van der Waals surface area contributed by atoms with E-state index in [1.54, 1.807) is 19.2 Å². The van der Waals surface area contributed by atoms with E-state index >= 15 is 0 Å². The summed E-state index contributed by atoms with van der Waals surface area (Å²) in [6, 6.07) is 12.9. The number of para-hydroxylation sites is 1. The number of nitrogens with zero attached hydrogens (tertiary/aromatic N) is 1. The van der Waals surface area contributed by atoms with Crippen molar-refractivity contribution in [1.82, 2.24) is 0 Å². The zero-order valence-corrected chi connectivity index (χ0v) is 16.8. The topological polar surface area (TPSA) is 71.8 Å². The van der Waals surface area contributed by atoms with Gasteiger partial charge in [0.05, 0.1) is 7.11 Å². The number of amides is 2. The Kier molecular flexibility index (Phi) is 5.01. The summed E-state index contributed by atoms with van der Waals surface area (Å²) in [6.45, 7) is 4.50. The summed E-state index contributed by atoms with van der Waals surface area (Å²) >= 11 is 0. The fourth-order valence-corrected chi connectivity index (χ4v) is 3.69. The standard InChI is InChI=1S/C23H24N2O4/c1-14(2)23(27)25-11-5-7-15-9-10-17(13-18(15)25)24-22(26)20-12-16-6-4-8-19(28-3)21(16)29-20/h4,6,8-10,12-14H,5,7,11H2,1-3H3,(H,24,26). The van der Waals surface area contributed by atoms with Crippen molar-refractivity contribution in [3.8, 4) is 5.75 Å². The van der Waals surface area contributed by atoms with Crippen LogP contribution in [0, 0.1) is 5.92 Å². The van der Waals surface area contributed by atoms with Gasteiger partial charge in [-0.3, -0.25) is 9.59 Å². The summed E-state index contributed by atoms with van der Waals surface area (Å²) in [5.74, 6) is 0.458. The molecule has 0 saturated carbocycles. The van der Waals surface area contributed by atoms with Gasteiger partial charge in [-0.1, -0.05) is 32.0 Å². The maximum Gasteiger partial charge on any atom is 0.291 e. The molecule has 1 aromatic heterocycles. The number of rotatable bonds is 4. The van der Waals surface area contributed by atoms with Crippen molar-refractivity contribution in [2.45, 2.75) is 26.7 Å². The maximum atomic E-state index is 12.7. The third kappa shape index (κ3) is 3.58. The average Bonchev–Trinajstić information content (AvgIpc) is 3.17. The molecule has 2 aromatic carbocycles. The molecular formula is C23H24N2O4. The van der Waals surface area contributed by atoms with Crippen molar-refractivity contribution in [2.24, 2.45) is 5.92 Å². The molecule has 0 radical (unpaired) electrons. The van der Waals surface area contributed by atoms with Crippen LogP contribution in [-0.2, 0) is 11.2 Å². The Balaban J connectivity index is 1.61. The summed E-state index contributed by atoms with van der Waals surface area (Å²) in [4.78, 5) is 27.2. The van der Waals surface area contributed by atoms with Gasteiger partial charge in [0.15, 0.2) is 17.1 Å². The Hall–Kier alpha value is -3.28. The molecule has 29 heavy (non-hydrogen) atoms. The molecule has 0 unspecified atom stereocenters. The first kappa shape index (κ1) is 19.1. The minimum atomic E-state index is -0.347. The molecule has 6 heteroatoms. The third-order valence-corrected chi connectivity index (χ3v) is 5.17. The first-order valence-electron chi connectivity index (χ1n) is 9.80. The molecule has 0 spiro atoms. The summed E-state index contributed by atoms with van der Waals surface area (Å²) in [7, 11) is 1.56. The van der Waals surface area contributed by atoms with E-state index in [1.165, 1.54) is 0 Å². The molecular weight excluding hydrogens is 368 g/mol. The van der Waals surface area contributed by atoms with Crippen molar-refractivity contribution in [2.75, 3.05) is 23.9 Å². The van der Waals surface area contributed by atoms with Gasteiger partial charge < -0.3 is 19.4 Å². The van der Waals surface area contributed by atoms with E-state index in [2.05, 4.69) is 5.32 Å². The van der Waals surface area contributed by atoms with Gasteiger partial charge in [0.1, 0.15) is 0 Å². The van der Waals surface area contributed by atoms with Crippen molar-refractivity contribution >= 4 is 34.2 Å². The summed E-state index contributed by atoms with van der Waals surface area (Å²) in [5.41, 5.74) is 3.17. The number of anilines is 2. The van der Waals surface area contributed by atoms with E-state index in [0.29, 0.717) is 23.6 Å². The monoisotopic (exact) mass is 392 g/mol. The largest absolute Gasteiger partial charge is 0.493 e. The van der Waals surface area contributed by atoms with E-state index in [0.717, 1.165) is 29.5 Å². The van der Waals surface area contributed by atoms with Gasteiger partial charge in [-0.2, -0.15) is 0 Å². The molecule has 2 amide bonds. The van der Waals surface area contributed by atoms with Gasteiger partial charge in [0.25, 0.3) is 5.91 Å². The number of furan rings is 1. The van der Waals surface area contributed by atoms with Crippen molar-refractivity contribution in [3.05, 3.63) is 53.8 Å². The fourth-order valence-electron chi connectivity index (χ4n) is 3.69. The minimum Gasteiger partial charge on any atom is -0.493 e. The van der Waals surface area contributed by atoms with Gasteiger partial charge in [0, 0.05) is 29.2 Å². The van der Waals surface area contributed by atoms with Gasteiger partial charge in [-0.15, -0.1) is 0 Å². The molecule has 0 fully saturated rings. The lowest BCUT2D eigenvalue weighted by molar-refractivity contribution is -0.121. The van der Waals surface area contributed by atoms with Gasteiger partial charge in [-0.05, 0) is 42.7 Å². The highest BCUT2D eigenvalue weighted by Gasteiger charge is 2.25. The first-order chi connectivity index (χ1) is 14.0. The van der Waals surface area contributed by atoms with Gasteiger partial charge in [0.2, 0.25) is 5.91 Å². The van der Waals surface area contributed by atoms with Crippen LogP contribution in [0.5, 0.6) is 5.75 Å². The number of benzene rings is 2. The molecule has 1 aliphatic rings. The predicted octanol–water partition coefficient (Wildman–Crippen LogP) is 4.63. The zero-order valence-electron chi connectivity index (χ0n) is 16.8. The van der Waals surface area contributed by atoms with Crippen LogP contribution in [0.3, 0.4) is 0 Å². The Bertz CT molecular complexity index is 1080. The van der Waals surface area contributed by atoms with Crippen LogP contribution in [0.25, 0.3) is 11.0 Å². The molecule has 6 nitrogen and oxygen atoms in total. The number of methoxy groups -OCH3 is 1. The van der Waals surface area contributed by atoms with E-state index < -0.39 is 0 Å². The Morgan fingerprint density at radius 3 is 2.76 bits per heavy atom. The number of nitrogens with one attached hydrogen (secondary N) is 1. The lowest BCUT2D eigenvalue weighted by atomic mass is 9.99. The maximum absolute atomic E-state index is 12.7. The van der Waals surface area contributed by atoms with Crippen LogP contribution >= 0.6 is 0 Å². The Morgan fingerprint density at radius 1 is 1.17 bits per heavy atom. The summed E-state index contributed by atoms with van der Waals surface area (Å²) in [5, 5.41) is 3.68. The second-order valence-corrected chi connectivity index (χ2v) is 7.54. The van der Waals surface area contributed by atoms with Crippen LogP contribution in [-0.4, -0.2) is 25.5 Å². The highest BCUT2D eigenvalue weighted by atomic mass is 16.5. The van der Waals surface area contributed by atoms with E-state index in [4.69, 9.17) is 9.15 Å². The molecule has 0 atom stereocenters. The van der Waals surface area contributed by atoms with Crippen molar-refractivity contribution < 1.29 is 18.7 Å². The Morgan fingerprint density at radius 2 is 2.00 bits per heavy atom.